The molecule has 152 valence electrons. The molecule has 1 saturated heterocycles. The van der Waals surface area contributed by atoms with E-state index in [1.807, 2.05) is 6.92 Å². The summed E-state index contributed by atoms with van der Waals surface area (Å²) in [7, 11) is 0. The van der Waals surface area contributed by atoms with Crippen LogP contribution in [0.1, 0.15) is 56.6 Å². The summed E-state index contributed by atoms with van der Waals surface area (Å²) in [4.78, 5) is 25.7. The number of benzene rings is 1. The zero-order chi connectivity index (χ0) is 20.1. The lowest BCUT2D eigenvalue weighted by Crippen LogP contribution is -2.70. The van der Waals surface area contributed by atoms with Gasteiger partial charge < -0.3 is 20.6 Å². The highest BCUT2D eigenvalue weighted by Gasteiger charge is 2.51. The van der Waals surface area contributed by atoms with Crippen molar-refractivity contribution in [3.8, 4) is 0 Å². The third-order valence-electron chi connectivity index (χ3n) is 5.76. The molecule has 1 heterocycles. The Labute approximate surface area is 167 Å². The Kier molecular flexibility index (Phi) is 6.73. The smallest absolute Gasteiger partial charge is 0.318 e. The number of carbonyl (C=O) groups excluding carboxylic acids is 2. The Morgan fingerprint density at radius 2 is 1.93 bits per heavy atom. The zero-order valence-electron chi connectivity index (χ0n) is 16.8. The molecule has 1 aliphatic heterocycles. The first kappa shape index (κ1) is 20.4. The number of amides is 3. The van der Waals surface area contributed by atoms with Gasteiger partial charge in [0.05, 0.1) is 18.7 Å². The predicted molar refractivity (Wildman–Crippen MR) is 110 cm³/mol. The molecule has 28 heavy (non-hydrogen) atoms. The van der Waals surface area contributed by atoms with Crippen molar-refractivity contribution in [2.24, 2.45) is 0 Å². The van der Waals surface area contributed by atoms with Crippen LogP contribution < -0.4 is 10.6 Å². The second-order valence-electron chi connectivity index (χ2n) is 7.66. The van der Waals surface area contributed by atoms with Crippen molar-refractivity contribution in [1.82, 2.24) is 15.5 Å². The Hall–Kier alpha value is -2.34. The van der Waals surface area contributed by atoms with Crippen LogP contribution in [0.5, 0.6) is 0 Å². The molecule has 0 unspecified atom stereocenters. The minimum atomic E-state index is -0.285. The molecule has 3 N–H and O–H groups in total. The molecule has 1 aliphatic carbocycles. The minimum Gasteiger partial charge on any atom is -0.394 e. The highest BCUT2D eigenvalue weighted by atomic mass is 16.3. The van der Waals surface area contributed by atoms with Gasteiger partial charge in [0.25, 0.3) is 0 Å². The highest BCUT2D eigenvalue weighted by molar-refractivity contribution is 5.77. The first-order valence-electron chi connectivity index (χ1n) is 10.3. The van der Waals surface area contributed by atoms with Gasteiger partial charge in [-0.25, -0.2) is 4.79 Å². The van der Waals surface area contributed by atoms with E-state index in [1.165, 1.54) is 24.5 Å². The maximum atomic E-state index is 12.6. The van der Waals surface area contributed by atoms with Crippen LogP contribution in [0.25, 0.3) is 5.57 Å². The van der Waals surface area contributed by atoms with Crippen LogP contribution >= 0.6 is 0 Å². The summed E-state index contributed by atoms with van der Waals surface area (Å²) in [5.74, 6) is -0.125. The average molecular weight is 386 g/mol. The summed E-state index contributed by atoms with van der Waals surface area (Å²) in [6.45, 7) is 4.34. The van der Waals surface area contributed by atoms with E-state index in [-0.39, 0.29) is 36.5 Å². The Balaban J connectivity index is 1.79. The fraction of sp³-hybridized carbons (Fsp3) is 0.545. The molecule has 3 rings (SSSR count). The lowest BCUT2D eigenvalue weighted by molar-refractivity contribution is -0.119. The van der Waals surface area contributed by atoms with E-state index in [1.54, 1.807) is 4.90 Å². The standard InChI is InChI=1S/C22H31N3O3/c1-3-12-23-22(28)25-19(13-24-15(2)27)21(20(25)14-26)18-10-8-17(9-11-18)16-6-4-5-7-16/h6,8-11,19-21,26H,3-5,7,12-14H2,1-2H3,(H,23,28)(H,24,27)/t19-,20+,21-/m0/s1. The van der Waals surface area contributed by atoms with Gasteiger partial charge in [-0.3, -0.25) is 4.79 Å². The van der Waals surface area contributed by atoms with Gasteiger partial charge >= 0.3 is 6.03 Å². The second-order valence-corrected chi connectivity index (χ2v) is 7.66. The molecule has 1 aromatic carbocycles. The maximum Gasteiger partial charge on any atom is 0.318 e. The molecule has 0 aromatic heterocycles. The van der Waals surface area contributed by atoms with Crippen LogP contribution in [0.2, 0.25) is 0 Å². The van der Waals surface area contributed by atoms with Gasteiger partial charge in [-0.2, -0.15) is 0 Å². The molecule has 6 heteroatoms. The molecule has 0 saturated carbocycles. The Morgan fingerprint density at radius 3 is 2.50 bits per heavy atom. The molecule has 0 spiro atoms. The van der Waals surface area contributed by atoms with Crippen LogP contribution in [-0.2, 0) is 4.79 Å². The normalized spacial score (nSPS) is 23.8. The number of hydrogen-bond donors (Lipinski definition) is 3. The van der Waals surface area contributed by atoms with Crippen molar-refractivity contribution < 1.29 is 14.7 Å². The van der Waals surface area contributed by atoms with Gasteiger partial charge in [0.2, 0.25) is 5.91 Å². The van der Waals surface area contributed by atoms with Crippen LogP contribution in [0.3, 0.4) is 0 Å². The van der Waals surface area contributed by atoms with Crippen molar-refractivity contribution in [1.29, 1.82) is 0 Å². The summed E-state index contributed by atoms with van der Waals surface area (Å²) in [6.07, 6.45) is 6.63. The Morgan fingerprint density at radius 1 is 1.18 bits per heavy atom. The van der Waals surface area contributed by atoms with E-state index in [9.17, 15) is 14.7 Å². The average Bonchev–Trinajstić information content (AvgIpc) is 3.21. The van der Waals surface area contributed by atoms with E-state index in [0.717, 1.165) is 24.8 Å². The highest BCUT2D eigenvalue weighted by Crippen LogP contribution is 2.41. The lowest BCUT2D eigenvalue weighted by atomic mass is 9.75. The molecule has 3 amide bonds. The summed E-state index contributed by atoms with van der Waals surface area (Å²) in [5.41, 5.74) is 3.74. The summed E-state index contributed by atoms with van der Waals surface area (Å²) < 4.78 is 0. The van der Waals surface area contributed by atoms with Crippen molar-refractivity contribution in [2.45, 2.75) is 57.5 Å². The maximum absolute atomic E-state index is 12.6. The fourth-order valence-corrected chi connectivity index (χ4v) is 4.34. The first-order chi connectivity index (χ1) is 13.6. The number of hydrogen-bond acceptors (Lipinski definition) is 3. The number of nitrogens with zero attached hydrogens (tertiary/aromatic N) is 1. The zero-order valence-corrected chi connectivity index (χ0v) is 16.8. The number of rotatable bonds is 7. The topological polar surface area (TPSA) is 81.7 Å². The number of urea groups is 1. The van der Waals surface area contributed by atoms with Crippen LogP contribution in [0.4, 0.5) is 4.79 Å². The van der Waals surface area contributed by atoms with Gasteiger partial charge in [-0.05, 0) is 42.4 Å². The third-order valence-corrected chi connectivity index (χ3v) is 5.76. The molecule has 3 atom stereocenters. The molecule has 2 aliphatic rings. The van der Waals surface area contributed by atoms with Crippen molar-refractivity contribution in [3.63, 3.8) is 0 Å². The quantitative estimate of drug-likeness (QED) is 0.675. The van der Waals surface area contributed by atoms with Crippen molar-refractivity contribution in [2.75, 3.05) is 19.7 Å². The van der Waals surface area contributed by atoms with E-state index >= 15 is 0 Å². The molecule has 0 bridgehead atoms. The fourth-order valence-electron chi connectivity index (χ4n) is 4.34. The molecule has 6 nitrogen and oxygen atoms in total. The monoisotopic (exact) mass is 385 g/mol. The second kappa shape index (κ2) is 9.24. The number of aliphatic hydroxyl groups excluding tert-OH is 1. The number of carbonyl (C=O) groups is 2. The molecule has 1 aromatic rings. The van der Waals surface area contributed by atoms with Gasteiger partial charge in [-0.1, -0.05) is 37.3 Å². The van der Waals surface area contributed by atoms with E-state index < -0.39 is 0 Å². The van der Waals surface area contributed by atoms with Crippen molar-refractivity contribution >= 4 is 17.5 Å². The van der Waals surface area contributed by atoms with Crippen molar-refractivity contribution in [3.05, 3.63) is 41.5 Å². The van der Waals surface area contributed by atoms with Crippen LogP contribution in [0.15, 0.2) is 30.3 Å². The largest absolute Gasteiger partial charge is 0.394 e. The molecular weight excluding hydrogens is 354 g/mol. The Bertz CT molecular complexity index is 729. The lowest BCUT2D eigenvalue weighted by Gasteiger charge is -2.54. The van der Waals surface area contributed by atoms with E-state index in [4.69, 9.17) is 0 Å². The summed E-state index contributed by atoms with van der Waals surface area (Å²) >= 11 is 0. The number of likely N-dealkylation sites (tertiary alicyclic amines) is 1. The van der Waals surface area contributed by atoms with E-state index in [2.05, 4.69) is 41.0 Å². The minimum absolute atomic E-state index is 0.00386. The SMILES string of the molecule is CCCNC(=O)N1[C@H](CO)[C@@H](c2ccc(C3=CCCC3)cc2)[C@@H]1CNC(C)=O. The van der Waals surface area contributed by atoms with Crippen LogP contribution in [-0.4, -0.2) is 53.7 Å². The first-order valence-corrected chi connectivity index (χ1v) is 10.3. The van der Waals surface area contributed by atoms with Crippen LogP contribution in [0, 0.1) is 0 Å². The number of aliphatic hydroxyl groups is 1. The van der Waals surface area contributed by atoms with Gasteiger partial charge in [0, 0.05) is 25.9 Å². The number of nitrogens with one attached hydrogen (secondary N) is 2. The van der Waals surface area contributed by atoms with E-state index in [0.29, 0.717) is 13.1 Å². The molecule has 1 fully saturated rings. The molecule has 0 radical (unpaired) electrons. The summed E-state index contributed by atoms with van der Waals surface area (Å²) in [5, 5.41) is 15.7. The third kappa shape index (κ3) is 4.22. The van der Waals surface area contributed by atoms with Gasteiger partial charge in [0.15, 0.2) is 0 Å². The predicted octanol–water partition coefficient (Wildman–Crippen LogP) is 2.64. The summed E-state index contributed by atoms with van der Waals surface area (Å²) in [6, 6.07) is 7.84. The number of allylic oxidation sites excluding steroid dienone is 2. The van der Waals surface area contributed by atoms with Gasteiger partial charge in [0.1, 0.15) is 0 Å². The molecular formula is C22H31N3O3. The van der Waals surface area contributed by atoms with Gasteiger partial charge in [-0.15, -0.1) is 0 Å².